The summed E-state index contributed by atoms with van der Waals surface area (Å²) >= 11 is 3.32. The number of pyridine rings is 1. The third-order valence-electron chi connectivity index (χ3n) is 2.61. The van der Waals surface area contributed by atoms with Gasteiger partial charge in [-0.25, -0.2) is 4.98 Å². The Morgan fingerprint density at radius 2 is 2.00 bits per heavy atom. The molecule has 0 radical (unpaired) electrons. The number of amides is 1. The van der Waals surface area contributed by atoms with Crippen LogP contribution in [0.5, 0.6) is 5.75 Å². The summed E-state index contributed by atoms with van der Waals surface area (Å²) in [5.41, 5.74) is 1.94. The van der Waals surface area contributed by atoms with Crippen LogP contribution in [0.2, 0.25) is 0 Å². The molecule has 0 unspecified atom stereocenters. The van der Waals surface area contributed by atoms with Gasteiger partial charge in [-0.1, -0.05) is 0 Å². The van der Waals surface area contributed by atoms with Crippen LogP contribution in [0.4, 0.5) is 5.69 Å². The molecule has 1 heterocycles. The Morgan fingerprint density at radius 1 is 1.32 bits per heavy atom. The van der Waals surface area contributed by atoms with Crippen molar-refractivity contribution in [2.24, 2.45) is 0 Å². The van der Waals surface area contributed by atoms with Crippen LogP contribution < -0.4 is 10.1 Å². The molecule has 0 aliphatic rings. The van der Waals surface area contributed by atoms with Gasteiger partial charge in [-0.05, 0) is 58.7 Å². The van der Waals surface area contributed by atoms with Crippen molar-refractivity contribution in [2.75, 3.05) is 12.4 Å². The molecule has 2 aromatic rings. The third-order valence-corrected chi connectivity index (χ3v) is 3.04. The van der Waals surface area contributed by atoms with Gasteiger partial charge in [0.15, 0.2) is 0 Å². The lowest BCUT2D eigenvalue weighted by atomic mass is 10.2. The molecule has 1 aromatic heterocycles. The number of carbonyl (C=O) groups is 1. The highest BCUT2D eigenvalue weighted by molar-refractivity contribution is 9.10. The zero-order valence-electron chi connectivity index (χ0n) is 10.6. The van der Waals surface area contributed by atoms with Crippen molar-refractivity contribution in [3.05, 3.63) is 52.3 Å². The van der Waals surface area contributed by atoms with Gasteiger partial charge in [0.2, 0.25) is 0 Å². The second-order valence-electron chi connectivity index (χ2n) is 4.00. The van der Waals surface area contributed by atoms with Crippen molar-refractivity contribution in [1.29, 1.82) is 0 Å². The van der Waals surface area contributed by atoms with Crippen molar-refractivity contribution in [1.82, 2.24) is 4.98 Å². The summed E-state index contributed by atoms with van der Waals surface area (Å²) in [6, 6.07) is 9.00. The number of ether oxygens (including phenoxy) is 1. The standard InChI is InChI=1S/C14H13BrN2O2/c1-9-7-10(15)8-16-13(9)14(18)17-11-3-5-12(19-2)6-4-11/h3-8H,1-2H3,(H,17,18). The molecule has 1 amide bonds. The minimum absolute atomic E-state index is 0.227. The molecule has 0 bridgehead atoms. The highest BCUT2D eigenvalue weighted by Crippen LogP contribution is 2.17. The van der Waals surface area contributed by atoms with E-state index >= 15 is 0 Å². The zero-order chi connectivity index (χ0) is 13.8. The number of methoxy groups -OCH3 is 1. The van der Waals surface area contributed by atoms with Gasteiger partial charge in [-0.2, -0.15) is 0 Å². The summed E-state index contributed by atoms with van der Waals surface area (Å²) in [5.74, 6) is 0.520. The molecule has 0 aliphatic heterocycles. The van der Waals surface area contributed by atoms with Crippen LogP contribution in [-0.2, 0) is 0 Å². The van der Waals surface area contributed by atoms with E-state index in [4.69, 9.17) is 4.74 Å². The van der Waals surface area contributed by atoms with Crippen LogP contribution in [-0.4, -0.2) is 18.0 Å². The fourth-order valence-corrected chi connectivity index (χ4v) is 2.09. The largest absolute Gasteiger partial charge is 0.497 e. The van der Waals surface area contributed by atoms with Crippen molar-refractivity contribution < 1.29 is 9.53 Å². The van der Waals surface area contributed by atoms with Gasteiger partial charge in [0.1, 0.15) is 11.4 Å². The van der Waals surface area contributed by atoms with E-state index in [1.165, 1.54) is 0 Å². The smallest absolute Gasteiger partial charge is 0.274 e. The van der Waals surface area contributed by atoms with Crippen LogP contribution in [0, 0.1) is 6.92 Å². The van der Waals surface area contributed by atoms with Crippen LogP contribution in [0.15, 0.2) is 41.0 Å². The van der Waals surface area contributed by atoms with E-state index in [2.05, 4.69) is 26.2 Å². The molecule has 0 atom stereocenters. The Morgan fingerprint density at radius 3 is 2.58 bits per heavy atom. The number of carbonyl (C=O) groups excluding carboxylic acids is 1. The first-order chi connectivity index (χ1) is 9.10. The van der Waals surface area contributed by atoms with E-state index in [0.29, 0.717) is 11.4 Å². The molecule has 1 aromatic carbocycles. The van der Waals surface area contributed by atoms with Crippen LogP contribution in [0.1, 0.15) is 16.1 Å². The first-order valence-electron chi connectivity index (χ1n) is 5.67. The topological polar surface area (TPSA) is 51.2 Å². The lowest BCUT2D eigenvalue weighted by molar-refractivity contribution is 0.102. The molecule has 0 spiro atoms. The van der Waals surface area contributed by atoms with Gasteiger partial charge in [-0.3, -0.25) is 4.79 Å². The second-order valence-corrected chi connectivity index (χ2v) is 4.92. The third kappa shape index (κ3) is 3.32. The average Bonchev–Trinajstić information content (AvgIpc) is 2.39. The number of nitrogens with zero attached hydrogens (tertiary/aromatic N) is 1. The van der Waals surface area contributed by atoms with Gasteiger partial charge < -0.3 is 10.1 Å². The SMILES string of the molecule is COc1ccc(NC(=O)c2ncc(Br)cc2C)cc1. The Labute approximate surface area is 119 Å². The number of anilines is 1. The maximum atomic E-state index is 12.1. The van der Waals surface area contributed by atoms with E-state index in [9.17, 15) is 4.79 Å². The predicted molar refractivity (Wildman–Crippen MR) is 77.6 cm³/mol. The lowest BCUT2D eigenvalue weighted by Crippen LogP contribution is -2.15. The van der Waals surface area contributed by atoms with Crippen LogP contribution in [0.3, 0.4) is 0 Å². The number of aryl methyl sites for hydroxylation is 1. The molecule has 0 aliphatic carbocycles. The Kier molecular flexibility index (Phi) is 4.16. The van der Waals surface area contributed by atoms with Crippen molar-refractivity contribution in [3.63, 3.8) is 0 Å². The summed E-state index contributed by atoms with van der Waals surface area (Å²) in [6.07, 6.45) is 1.61. The monoisotopic (exact) mass is 320 g/mol. The van der Waals surface area contributed by atoms with Crippen molar-refractivity contribution >= 4 is 27.5 Å². The molecular formula is C14H13BrN2O2. The highest BCUT2D eigenvalue weighted by Gasteiger charge is 2.11. The Bertz CT molecular complexity index is 597. The van der Waals surface area contributed by atoms with E-state index in [-0.39, 0.29) is 5.91 Å². The van der Waals surface area contributed by atoms with Gasteiger partial charge in [0.25, 0.3) is 5.91 Å². The fraction of sp³-hybridized carbons (Fsp3) is 0.143. The Hall–Kier alpha value is -1.88. The van der Waals surface area contributed by atoms with Crippen molar-refractivity contribution in [2.45, 2.75) is 6.92 Å². The van der Waals surface area contributed by atoms with Crippen LogP contribution >= 0.6 is 15.9 Å². The number of nitrogens with one attached hydrogen (secondary N) is 1. The quantitative estimate of drug-likeness (QED) is 0.942. The predicted octanol–water partition coefficient (Wildman–Crippen LogP) is 3.41. The number of rotatable bonds is 3. The first-order valence-corrected chi connectivity index (χ1v) is 6.47. The summed E-state index contributed by atoms with van der Waals surface area (Å²) in [5, 5.41) is 2.80. The first kappa shape index (κ1) is 13.5. The molecule has 1 N–H and O–H groups in total. The van der Waals surface area contributed by atoms with Gasteiger partial charge >= 0.3 is 0 Å². The normalized spacial score (nSPS) is 10.1. The number of halogens is 1. The maximum Gasteiger partial charge on any atom is 0.274 e. The maximum absolute atomic E-state index is 12.1. The molecule has 0 saturated heterocycles. The summed E-state index contributed by atoms with van der Waals surface area (Å²) in [6.45, 7) is 1.85. The highest BCUT2D eigenvalue weighted by atomic mass is 79.9. The fourth-order valence-electron chi connectivity index (χ4n) is 1.64. The summed E-state index contributed by atoms with van der Waals surface area (Å²) in [4.78, 5) is 16.2. The Balaban J connectivity index is 2.15. The number of hydrogen-bond donors (Lipinski definition) is 1. The number of hydrogen-bond acceptors (Lipinski definition) is 3. The molecule has 2 rings (SSSR count). The molecule has 5 heteroatoms. The van der Waals surface area contributed by atoms with Gasteiger partial charge in [0, 0.05) is 16.4 Å². The molecule has 98 valence electrons. The zero-order valence-corrected chi connectivity index (χ0v) is 12.2. The van der Waals surface area contributed by atoms with E-state index in [1.807, 2.05) is 13.0 Å². The number of aromatic nitrogens is 1. The minimum atomic E-state index is -0.227. The average molecular weight is 321 g/mol. The van der Waals surface area contributed by atoms with E-state index in [0.717, 1.165) is 15.8 Å². The number of benzene rings is 1. The van der Waals surface area contributed by atoms with Gasteiger partial charge in [0.05, 0.1) is 7.11 Å². The second kappa shape index (κ2) is 5.84. The molecule has 4 nitrogen and oxygen atoms in total. The molecule has 19 heavy (non-hydrogen) atoms. The molecule has 0 saturated carbocycles. The molecular weight excluding hydrogens is 308 g/mol. The van der Waals surface area contributed by atoms with E-state index < -0.39 is 0 Å². The molecule has 0 fully saturated rings. The van der Waals surface area contributed by atoms with Gasteiger partial charge in [-0.15, -0.1) is 0 Å². The summed E-state index contributed by atoms with van der Waals surface area (Å²) in [7, 11) is 1.60. The minimum Gasteiger partial charge on any atom is -0.497 e. The summed E-state index contributed by atoms with van der Waals surface area (Å²) < 4.78 is 5.91. The van der Waals surface area contributed by atoms with Crippen LogP contribution in [0.25, 0.3) is 0 Å². The lowest BCUT2D eigenvalue weighted by Gasteiger charge is -2.07. The van der Waals surface area contributed by atoms with Crippen molar-refractivity contribution in [3.8, 4) is 5.75 Å². The van der Waals surface area contributed by atoms with E-state index in [1.54, 1.807) is 37.6 Å².